The number of alkyl halides is 1. The molecule has 0 bridgehead atoms. The Kier molecular flexibility index (Phi) is 11.6. The van der Waals surface area contributed by atoms with E-state index in [0.29, 0.717) is 0 Å². The van der Waals surface area contributed by atoms with E-state index >= 15 is 0 Å². The lowest BCUT2D eigenvalue weighted by atomic mass is 10.8. The number of hydrogen-bond acceptors (Lipinski definition) is 2. The van der Waals surface area contributed by atoms with Crippen molar-refractivity contribution in [3.63, 3.8) is 0 Å². The minimum Gasteiger partial charge on any atom is -0.549 e. The molecule has 0 fully saturated rings. The maximum Gasteiger partial charge on any atom is 0.0620 e. The van der Waals surface area contributed by atoms with E-state index < -0.39 is 19.1 Å². The second-order valence-electron chi connectivity index (χ2n) is 3.11. The molecule has 0 rings (SSSR count). The molecular formula is C10H22ClO2P. The fourth-order valence-corrected chi connectivity index (χ4v) is 4.02. The van der Waals surface area contributed by atoms with Gasteiger partial charge in [-0.1, -0.05) is 0 Å². The van der Waals surface area contributed by atoms with Crippen LogP contribution >= 0.6 is 18.9 Å². The van der Waals surface area contributed by atoms with Gasteiger partial charge in [-0.25, -0.2) is 0 Å². The number of aliphatic carboxylic acids is 1. The number of rotatable bonds is 5. The minimum atomic E-state index is -1.23. The molecule has 0 aromatic rings. The van der Waals surface area contributed by atoms with Crippen molar-refractivity contribution in [1.29, 1.82) is 0 Å². The van der Waals surface area contributed by atoms with Gasteiger partial charge < -0.3 is 9.90 Å². The largest absolute Gasteiger partial charge is 0.549 e. The predicted octanol–water partition coefficient (Wildman–Crippen LogP) is 2.06. The third kappa shape index (κ3) is 7.58. The van der Waals surface area contributed by atoms with Crippen molar-refractivity contribution in [3.05, 3.63) is 0 Å². The maximum absolute atomic E-state index is 9.12. The second-order valence-corrected chi connectivity index (χ2v) is 8.59. The van der Waals surface area contributed by atoms with Gasteiger partial charge in [-0.15, -0.1) is 11.6 Å². The summed E-state index contributed by atoms with van der Waals surface area (Å²) in [4.78, 5) is 9.12. The zero-order chi connectivity index (χ0) is 11.6. The zero-order valence-electron chi connectivity index (χ0n) is 9.68. The van der Waals surface area contributed by atoms with E-state index in [1.54, 1.807) is 0 Å². The van der Waals surface area contributed by atoms with Crippen molar-refractivity contribution < 1.29 is 9.90 Å². The van der Waals surface area contributed by atoms with Crippen LogP contribution in [0.15, 0.2) is 0 Å². The van der Waals surface area contributed by atoms with Gasteiger partial charge in [0, 0.05) is 7.26 Å². The van der Waals surface area contributed by atoms with E-state index in [9.17, 15) is 0 Å². The molecule has 86 valence electrons. The normalized spacial score (nSPS) is 10.4. The van der Waals surface area contributed by atoms with E-state index in [-0.39, 0.29) is 0 Å². The first-order chi connectivity index (χ1) is 6.51. The minimum absolute atomic E-state index is 0.417. The first-order valence-electron chi connectivity index (χ1n) is 5.12. The topological polar surface area (TPSA) is 40.1 Å². The lowest BCUT2D eigenvalue weighted by Crippen LogP contribution is -2.23. The predicted molar refractivity (Wildman–Crippen MR) is 64.8 cm³/mol. The third-order valence-electron chi connectivity index (χ3n) is 2.79. The van der Waals surface area contributed by atoms with Crippen LogP contribution < -0.4 is 5.11 Å². The quantitative estimate of drug-likeness (QED) is 0.545. The summed E-state index contributed by atoms with van der Waals surface area (Å²) in [6, 6.07) is 0. The molecule has 0 amide bonds. The lowest BCUT2D eigenvalue weighted by Gasteiger charge is -2.20. The van der Waals surface area contributed by atoms with Crippen LogP contribution in [0.1, 0.15) is 27.7 Å². The average Bonchev–Trinajstić information content (AvgIpc) is 2.23. The molecule has 2 nitrogen and oxygen atoms in total. The molecule has 0 radical (unpaired) electrons. The third-order valence-corrected chi connectivity index (χ3v) is 8.38. The van der Waals surface area contributed by atoms with Gasteiger partial charge in [0.05, 0.1) is 36.5 Å². The molecule has 4 heteroatoms. The summed E-state index contributed by atoms with van der Waals surface area (Å²) in [5.41, 5.74) is 0. The summed E-state index contributed by atoms with van der Waals surface area (Å²) in [7, 11) is -0.420. The zero-order valence-corrected chi connectivity index (χ0v) is 11.3. The Bertz CT molecular complexity index is 130. The van der Waals surface area contributed by atoms with Crippen molar-refractivity contribution in [3.8, 4) is 0 Å². The highest BCUT2D eigenvalue weighted by molar-refractivity contribution is 7.75. The van der Waals surface area contributed by atoms with Gasteiger partial charge in [-0.2, -0.15) is 0 Å². The molecule has 0 N–H and O–H groups in total. The van der Waals surface area contributed by atoms with Crippen LogP contribution in [0, 0.1) is 0 Å². The summed E-state index contributed by atoms with van der Waals surface area (Å²) < 4.78 is 0. The molecular weight excluding hydrogens is 219 g/mol. The van der Waals surface area contributed by atoms with Gasteiger partial charge in [0.15, 0.2) is 0 Å². The van der Waals surface area contributed by atoms with Gasteiger partial charge in [-0.05, 0) is 27.7 Å². The van der Waals surface area contributed by atoms with E-state index in [1.807, 2.05) is 0 Å². The summed E-state index contributed by atoms with van der Waals surface area (Å²) in [6.07, 6.45) is 5.82. The molecule has 0 aliphatic rings. The Hall–Kier alpha value is 0.190. The van der Waals surface area contributed by atoms with Gasteiger partial charge in [-0.3, -0.25) is 0 Å². The summed E-state index contributed by atoms with van der Waals surface area (Å²) in [5.74, 6) is -1.65. The fourth-order valence-electron chi connectivity index (χ4n) is 1.34. The molecule has 0 aliphatic heterocycles. The molecule has 0 aromatic carbocycles. The van der Waals surface area contributed by atoms with E-state index in [0.717, 1.165) is 0 Å². The van der Waals surface area contributed by atoms with Crippen LogP contribution in [0.25, 0.3) is 0 Å². The molecule has 0 heterocycles. The molecule has 0 atom stereocenters. The van der Waals surface area contributed by atoms with E-state index in [2.05, 4.69) is 39.3 Å². The van der Waals surface area contributed by atoms with Gasteiger partial charge in [0.25, 0.3) is 0 Å². The first kappa shape index (κ1) is 16.6. The van der Waals surface area contributed by atoms with Gasteiger partial charge >= 0.3 is 0 Å². The summed E-state index contributed by atoms with van der Waals surface area (Å²) in [6.45, 7) is 9.41. The Labute approximate surface area is 93.4 Å². The second kappa shape index (κ2) is 9.73. The SMILES string of the molecule is CC[P+](CC)(CC)CC.O=C([O-])CCl. The molecule has 0 unspecified atom stereocenters. The Balaban J connectivity index is 0. The molecule has 0 saturated heterocycles. The van der Waals surface area contributed by atoms with Crippen molar-refractivity contribution in [2.75, 3.05) is 30.5 Å². The number of carbonyl (C=O) groups is 1. The molecule has 14 heavy (non-hydrogen) atoms. The van der Waals surface area contributed by atoms with Crippen LogP contribution in [0.3, 0.4) is 0 Å². The first-order valence-corrected chi connectivity index (χ1v) is 8.19. The molecule has 0 saturated carbocycles. The van der Waals surface area contributed by atoms with Gasteiger partial charge in [0.1, 0.15) is 0 Å². The number of halogens is 1. The van der Waals surface area contributed by atoms with E-state index in [1.165, 1.54) is 24.6 Å². The number of carboxylic acid groups (broad SMARTS) is 1. The van der Waals surface area contributed by atoms with Crippen LogP contribution in [0.5, 0.6) is 0 Å². The number of hydrogen-bond donors (Lipinski definition) is 0. The highest BCUT2D eigenvalue weighted by atomic mass is 35.5. The average molecular weight is 241 g/mol. The number of carboxylic acids is 1. The maximum atomic E-state index is 9.12. The van der Waals surface area contributed by atoms with Crippen LogP contribution in [0.2, 0.25) is 0 Å². The van der Waals surface area contributed by atoms with Crippen molar-refractivity contribution in [2.45, 2.75) is 27.7 Å². The molecule has 0 aromatic heterocycles. The van der Waals surface area contributed by atoms with Crippen molar-refractivity contribution in [2.24, 2.45) is 0 Å². The Morgan fingerprint density at radius 2 is 1.29 bits per heavy atom. The standard InChI is InChI=1S/C8H20P.C2H3ClO2/c1-5-9(6-2,7-3)8-4;3-1-2(4)5/h5-8H2,1-4H3;1H2,(H,4,5)/q+1;/p-1. The van der Waals surface area contributed by atoms with Crippen LogP contribution in [-0.4, -0.2) is 36.5 Å². The Morgan fingerprint density at radius 3 is 1.29 bits per heavy atom. The van der Waals surface area contributed by atoms with Crippen molar-refractivity contribution >= 4 is 24.8 Å². The van der Waals surface area contributed by atoms with Gasteiger partial charge in [0.2, 0.25) is 0 Å². The highest BCUT2D eigenvalue weighted by Gasteiger charge is 2.27. The highest BCUT2D eigenvalue weighted by Crippen LogP contribution is 2.57. The van der Waals surface area contributed by atoms with E-state index in [4.69, 9.17) is 9.90 Å². The monoisotopic (exact) mass is 240 g/mol. The molecule has 0 spiro atoms. The number of carbonyl (C=O) groups excluding carboxylic acids is 1. The van der Waals surface area contributed by atoms with Crippen LogP contribution in [0.4, 0.5) is 0 Å². The van der Waals surface area contributed by atoms with Crippen LogP contribution in [-0.2, 0) is 4.79 Å². The molecule has 0 aliphatic carbocycles. The lowest BCUT2D eigenvalue weighted by molar-refractivity contribution is -0.301. The summed E-state index contributed by atoms with van der Waals surface area (Å²) >= 11 is 4.67. The smallest absolute Gasteiger partial charge is 0.0620 e. The Morgan fingerprint density at radius 1 is 1.07 bits per heavy atom. The fraction of sp³-hybridized carbons (Fsp3) is 0.900. The summed E-state index contributed by atoms with van der Waals surface area (Å²) in [5, 5.41) is 9.12. The van der Waals surface area contributed by atoms with Crippen molar-refractivity contribution in [1.82, 2.24) is 0 Å².